The minimum absolute atomic E-state index is 0.0547. The molecule has 0 radical (unpaired) electrons. The molecule has 0 saturated carbocycles. The van der Waals surface area contributed by atoms with E-state index >= 15 is 0 Å². The molecule has 3 aromatic carbocycles. The fourth-order valence-corrected chi connectivity index (χ4v) is 5.24. The van der Waals surface area contributed by atoms with Crippen LogP contribution < -0.4 is 5.76 Å². The highest BCUT2D eigenvalue weighted by atomic mass is 35.5. The molecule has 1 aromatic heterocycles. The van der Waals surface area contributed by atoms with Gasteiger partial charge in [-0.1, -0.05) is 48.0 Å². The molecule has 1 fully saturated rings. The summed E-state index contributed by atoms with van der Waals surface area (Å²) in [6, 6.07) is 20.2. The quantitative estimate of drug-likeness (QED) is 0.313. The highest BCUT2D eigenvalue weighted by Crippen LogP contribution is 2.27. The Bertz CT molecular complexity index is 1610. The standard InChI is InChI=1S/C31H33ClN4O5/c1-33(2)30(38)24-6-4-5-23(17-24)21-7-9-22(10-8-21)27(19-35-13-15-40-16-14-35)34(3)29(37)20-36-26-18-25(32)11-12-28(26)41-31(36)39/h4-12,17-18,27H,13-16,19-20H2,1-3H3. The van der Waals surface area contributed by atoms with Gasteiger partial charge in [-0.15, -0.1) is 0 Å². The summed E-state index contributed by atoms with van der Waals surface area (Å²) in [4.78, 5) is 44.2. The number of morpholine rings is 1. The second kappa shape index (κ2) is 12.3. The van der Waals surface area contributed by atoms with Crippen molar-refractivity contribution in [2.45, 2.75) is 12.6 Å². The highest BCUT2D eigenvalue weighted by Gasteiger charge is 2.26. The Balaban J connectivity index is 1.41. The van der Waals surface area contributed by atoms with E-state index in [1.165, 1.54) is 4.57 Å². The molecule has 1 atom stereocenters. The number of carbonyl (C=O) groups is 2. The van der Waals surface area contributed by atoms with E-state index in [1.807, 2.05) is 48.5 Å². The van der Waals surface area contributed by atoms with Crippen LogP contribution in [0.3, 0.4) is 0 Å². The number of amides is 2. The summed E-state index contributed by atoms with van der Waals surface area (Å²) in [5, 5.41) is 0.453. The Labute approximate surface area is 243 Å². The van der Waals surface area contributed by atoms with Crippen LogP contribution in [0.15, 0.2) is 75.9 Å². The number of likely N-dealkylation sites (N-methyl/N-ethyl adjacent to an activating group) is 1. The Morgan fingerprint density at radius 3 is 2.39 bits per heavy atom. The Hall–Kier alpha value is -3.92. The predicted molar refractivity (Wildman–Crippen MR) is 158 cm³/mol. The van der Waals surface area contributed by atoms with E-state index in [2.05, 4.69) is 4.90 Å². The number of nitrogens with zero attached hydrogens (tertiary/aromatic N) is 4. The molecule has 1 aliphatic rings. The van der Waals surface area contributed by atoms with E-state index in [0.717, 1.165) is 29.8 Å². The van der Waals surface area contributed by atoms with Gasteiger partial charge in [-0.25, -0.2) is 4.79 Å². The zero-order valence-electron chi connectivity index (χ0n) is 23.4. The lowest BCUT2D eigenvalue weighted by Crippen LogP contribution is -2.44. The lowest BCUT2D eigenvalue weighted by Gasteiger charge is -2.35. The summed E-state index contributed by atoms with van der Waals surface area (Å²) in [5.74, 6) is -0.888. The smallest absolute Gasteiger partial charge is 0.408 e. The molecule has 2 amide bonds. The molecule has 1 unspecified atom stereocenters. The molecule has 0 aliphatic carbocycles. The zero-order chi connectivity index (χ0) is 29.1. The van der Waals surface area contributed by atoms with Crippen LogP contribution in [0.5, 0.6) is 0 Å². The molecule has 0 N–H and O–H groups in total. The maximum atomic E-state index is 13.6. The van der Waals surface area contributed by atoms with Gasteiger partial charge in [0.15, 0.2) is 5.58 Å². The van der Waals surface area contributed by atoms with Gasteiger partial charge >= 0.3 is 5.76 Å². The van der Waals surface area contributed by atoms with Crippen molar-refractivity contribution >= 4 is 34.5 Å². The summed E-state index contributed by atoms with van der Waals surface area (Å²) in [5.41, 5.74) is 4.34. The first-order valence-electron chi connectivity index (χ1n) is 13.5. The second-order valence-electron chi connectivity index (χ2n) is 10.4. The van der Waals surface area contributed by atoms with Gasteiger partial charge in [0.1, 0.15) is 6.54 Å². The fraction of sp³-hybridized carbons (Fsp3) is 0.323. The van der Waals surface area contributed by atoms with Gasteiger partial charge in [-0.3, -0.25) is 19.1 Å². The van der Waals surface area contributed by atoms with Crippen molar-refractivity contribution in [2.75, 3.05) is 54.0 Å². The van der Waals surface area contributed by atoms with Crippen LogP contribution in [0, 0.1) is 0 Å². The normalized spacial score (nSPS) is 14.6. The SMILES string of the molecule is CN(C)C(=O)c1cccc(-c2ccc(C(CN3CCOCC3)N(C)C(=O)Cn3c(=O)oc4ccc(Cl)cc43)cc2)c1. The number of rotatable bonds is 8. The van der Waals surface area contributed by atoms with E-state index in [1.54, 1.807) is 49.1 Å². The highest BCUT2D eigenvalue weighted by molar-refractivity contribution is 6.31. The first-order chi connectivity index (χ1) is 19.7. The predicted octanol–water partition coefficient (Wildman–Crippen LogP) is 4.15. The molecule has 10 heteroatoms. The van der Waals surface area contributed by atoms with Gasteiger partial charge in [0, 0.05) is 51.4 Å². The van der Waals surface area contributed by atoms with E-state index in [4.69, 9.17) is 20.8 Å². The van der Waals surface area contributed by atoms with Gasteiger partial charge in [0.05, 0.1) is 24.8 Å². The van der Waals surface area contributed by atoms with Crippen molar-refractivity contribution in [3.8, 4) is 11.1 Å². The van der Waals surface area contributed by atoms with Gasteiger partial charge < -0.3 is 19.0 Å². The second-order valence-corrected chi connectivity index (χ2v) is 10.8. The van der Waals surface area contributed by atoms with Crippen LogP contribution >= 0.6 is 11.6 Å². The van der Waals surface area contributed by atoms with Crippen molar-refractivity contribution in [1.29, 1.82) is 0 Å². The average molecular weight is 577 g/mol. The Kier molecular flexibility index (Phi) is 8.58. The summed E-state index contributed by atoms with van der Waals surface area (Å²) in [7, 11) is 5.23. The maximum Gasteiger partial charge on any atom is 0.420 e. The molecule has 1 aliphatic heterocycles. The minimum Gasteiger partial charge on any atom is -0.408 e. The van der Waals surface area contributed by atoms with Crippen molar-refractivity contribution in [2.24, 2.45) is 0 Å². The molecular weight excluding hydrogens is 544 g/mol. The molecule has 41 heavy (non-hydrogen) atoms. The zero-order valence-corrected chi connectivity index (χ0v) is 24.1. The summed E-state index contributed by atoms with van der Waals surface area (Å²) < 4.78 is 12.2. The van der Waals surface area contributed by atoms with Gasteiger partial charge in [0.25, 0.3) is 5.91 Å². The van der Waals surface area contributed by atoms with Gasteiger partial charge in [0.2, 0.25) is 5.91 Å². The Morgan fingerprint density at radius 1 is 0.951 bits per heavy atom. The molecule has 5 rings (SSSR count). The largest absolute Gasteiger partial charge is 0.420 e. The number of benzene rings is 3. The number of hydrogen-bond acceptors (Lipinski definition) is 6. The van der Waals surface area contributed by atoms with Crippen LogP contribution in [-0.2, 0) is 16.1 Å². The average Bonchev–Trinajstić information content (AvgIpc) is 3.29. The lowest BCUT2D eigenvalue weighted by atomic mass is 9.98. The lowest BCUT2D eigenvalue weighted by molar-refractivity contribution is -0.133. The van der Waals surface area contributed by atoms with E-state index in [-0.39, 0.29) is 24.4 Å². The van der Waals surface area contributed by atoms with Crippen molar-refractivity contribution in [3.63, 3.8) is 0 Å². The number of hydrogen-bond donors (Lipinski definition) is 0. The number of halogens is 1. The van der Waals surface area contributed by atoms with Crippen LogP contribution in [0.1, 0.15) is 22.0 Å². The Morgan fingerprint density at radius 2 is 1.68 bits per heavy atom. The number of carbonyl (C=O) groups excluding carboxylic acids is 2. The first kappa shape index (κ1) is 28.6. The molecule has 1 saturated heterocycles. The van der Waals surface area contributed by atoms with Crippen molar-refractivity contribution < 1.29 is 18.7 Å². The van der Waals surface area contributed by atoms with Gasteiger partial charge in [-0.05, 0) is 47.0 Å². The van der Waals surface area contributed by atoms with Crippen molar-refractivity contribution in [3.05, 3.63) is 93.4 Å². The number of oxazole rings is 1. The van der Waals surface area contributed by atoms with Crippen LogP contribution in [0.2, 0.25) is 5.02 Å². The third-order valence-electron chi connectivity index (χ3n) is 7.46. The molecule has 2 heterocycles. The third-order valence-corrected chi connectivity index (χ3v) is 7.70. The number of ether oxygens (including phenoxy) is 1. The monoisotopic (exact) mass is 576 g/mol. The molecule has 214 valence electrons. The summed E-state index contributed by atoms with van der Waals surface area (Å²) >= 11 is 6.15. The van der Waals surface area contributed by atoms with E-state index < -0.39 is 5.76 Å². The third kappa shape index (κ3) is 6.37. The van der Waals surface area contributed by atoms with E-state index in [0.29, 0.717) is 41.4 Å². The molecule has 4 aromatic rings. The van der Waals surface area contributed by atoms with Crippen molar-refractivity contribution in [1.82, 2.24) is 19.3 Å². The van der Waals surface area contributed by atoms with Crippen LogP contribution in [0.4, 0.5) is 0 Å². The maximum absolute atomic E-state index is 13.6. The molecular formula is C31H33ClN4O5. The molecule has 0 spiro atoms. The van der Waals surface area contributed by atoms with Crippen LogP contribution in [-0.4, -0.2) is 85.1 Å². The summed E-state index contributed by atoms with van der Waals surface area (Å²) in [6.45, 7) is 3.27. The summed E-state index contributed by atoms with van der Waals surface area (Å²) in [6.07, 6.45) is 0. The number of aromatic nitrogens is 1. The van der Waals surface area contributed by atoms with E-state index in [9.17, 15) is 14.4 Å². The molecule has 9 nitrogen and oxygen atoms in total. The van der Waals surface area contributed by atoms with Gasteiger partial charge in [-0.2, -0.15) is 0 Å². The van der Waals surface area contributed by atoms with Crippen LogP contribution in [0.25, 0.3) is 22.2 Å². The topological polar surface area (TPSA) is 88.2 Å². The fourth-order valence-electron chi connectivity index (χ4n) is 5.07. The minimum atomic E-state index is -0.604. The molecule has 0 bridgehead atoms. The number of fused-ring (bicyclic) bond motifs is 1. The first-order valence-corrected chi connectivity index (χ1v) is 13.9.